The summed E-state index contributed by atoms with van der Waals surface area (Å²) in [5.41, 5.74) is 6.30. The van der Waals surface area contributed by atoms with E-state index in [1.165, 1.54) is 20.3 Å². The molecule has 0 radical (unpaired) electrons. The summed E-state index contributed by atoms with van der Waals surface area (Å²) in [6.45, 7) is 4.32. The standard InChI is InChI=1S/C14H21NO5/c1-9(2)19-5-6-20-14(16)11-7-10(17-3)8-12(18-4)13(11)15/h7-9H,5-6,15H2,1-4H3. The van der Waals surface area contributed by atoms with E-state index in [1.807, 2.05) is 13.8 Å². The van der Waals surface area contributed by atoms with Crippen LogP contribution in [0.4, 0.5) is 5.69 Å². The number of hydrogen-bond acceptors (Lipinski definition) is 6. The van der Waals surface area contributed by atoms with Gasteiger partial charge in [-0.1, -0.05) is 0 Å². The first-order valence-electron chi connectivity index (χ1n) is 6.29. The van der Waals surface area contributed by atoms with E-state index >= 15 is 0 Å². The van der Waals surface area contributed by atoms with Crippen LogP contribution in [0.2, 0.25) is 0 Å². The molecule has 0 aliphatic heterocycles. The molecule has 6 nitrogen and oxygen atoms in total. The molecule has 20 heavy (non-hydrogen) atoms. The number of carbonyl (C=O) groups is 1. The first-order valence-corrected chi connectivity index (χ1v) is 6.29. The summed E-state index contributed by atoms with van der Waals surface area (Å²) < 4.78 is 20.6. The van der Waals surface area contributed by atoms with E-state index in [9.17, 15) is 4.79 Å². The summed E-state index contributed by atoms with van der Waals surface area (Å²) in [6.07, 6.45) is 0.0932. The molecule has 0 atom stereocenters. The molecule has 1 aromatic carbocycles. The molecule has 0 spiro atoms. The molecule has 0 saturated heterocycles. The van der Waals surface area contributed by atoms with Crippen LogP contribution in [0.5, 0.6) is 11.5 Å². The highest BCUT2D eigenvalue weighted by Gasteiger charge is 2.17. The molecule has 6 heteroatoms. The number of hydrogen-bond donors (Lipinski definition) is 1. The highest BCUT2D eigenvalue weighted by molar-refractivity contribution is 5.97. The van der Waals surface area contributed by atoms with Gasteiger partial charge in [0, 0.05) is 6.07 Å². The number of carbonyl (C=O) groups excluding carboxylic acids is 1. The minimum atomic E-state index is -0.535. The quantitative estimate of drug-likeness (QED) is 0.467. The Hall–Kier alpha value is -1.95. The third kappa shape index (κ3) is 4.31. The van der Waals surface area contributed by atoms with Gasteiger partial charge in [-0.25, -0.2) is 4.79 Å². The second-order valence-corrected chi connectivity index (χ2v) is 4.35. The van der Waals surface area contributed by atoms with Gasteiger partial charge in [-0.2, -0.15) is 0 Å². The van der Waals surface area contributed by atoms with Crippen LogP contribution in [0.3, 0.4) is 0 Å². The van der Waals surface area contributed by atoms with Crippen LogP contribution in [0.1, 0.15) is 24.2 Å². The van der Waals surface area contributed by atoms with E-state index in [2.05, 4.69) is 0 Å². The van der Waals surface area contributed by atoms with Gasteiger partial charge in [0.25, 0.3) is 0 Å². The summed E-state index contributed by atoms with van der Waals surface area (Å²) in [7, 11) is 2.97. The summed E-state index contributed by atoms with van der Waals surface area (Å²) in [4.78, 5) is 12.0. The zero-order valence-electron chi connectivity index (χ0n) is 12.3. The highest BCUT2D eigenvalue weighted by Crippen LogP contribution is 2.31. The molecule has 112 valence electrons. The lowest BCUT2D eigenvalue weighted by Crippen LogP contribution is -2.15. The van der Waals surface area contributed by atoms with Gasteiger partial charge in [-0.05, 0) is 19.9 Å². The molecule has 0 fully saturated rings. The fourth-order valence-corrected chi connectivity index (χ4v) is 1.55. The van der Waals surface area contributed by atoms with Crippen molar-refractivity contribution in [1.82, 2.24) is 0 Å². The topological polar surface area (TPSA) is 80.0 Å². The molecule has 0 aromatic heterocycles. The molecule has 0 bridgehead atoms. The summed E-state index contributed by atoms with van der Waals surface area (Å²) in [5.74, 6) is 0.309. The lowest BCUT2D eigenvalue weighted by Gasteiger charge is -2.13. The maximum absolute atomic E-state index is 12.0. The van der Waals surface area contributed by atoms with Gasteiger partial charge in [0.05, 0.1) is 38.2 Å². The average molecular weight is 283 g/mol. The van der Waals surface area contributed by atoms with E-state index < -0.39 is 5.97 Å². The first-order chi connectivity index (χ1) is 9.49. The van der Waals surface area contributed by atoms with E-state index in [1.54, 1.807) is 6.07 Å². The molecule has 1 aromatic rings. The molecule has 2 N–H and O–H groups in total. The van der Waals surface area contributed by atoms with Gasteiger partial charge in [0.2, 0.25) is 0 Å². The number of nitrogen functional groups attached to an aromatic ring is 1. The molecule has 0 aliphatic rings. The van der Waals surface area contributed by atoms with Crippen molar-refractivity contribution in [2.75, 3.05) is 33.2 Å². The largest absolute Gasteiger partial charge is 0.497 e. The van der Waals surface area contributed by atoms with Crippen LogP contribution in [0, 0.1) is 0 Å². The minimum absolute atomic E-state index is 0.0932. The Bertz CT molecular complexity index is 459. The van der Waals surface area contributed by atoms with Gasteiger partial charge < -0.3 is 24.7 Å². The van der Waals surface area contributed by atoms with Crippen LogP contribution in [0.15, 0.2) is 12.1 Å². The van der Waals surface area contributed by atoms with Gasteiger partial charge in [-0.15, -0.1) is 0 Å². The van der Waals surface area contributed by atoms with Crippen molar-refractivity contribution in [3.05, 3.63) is 17.7 Å². The number of ether oxygens (including phenoxy) is 4. The Balaban J connectivity index is 2.76. The monoisotopic (exact) mass is 283 g/mol. The number of esters is 1. The average Bonchev–Trinajstić information content (AvgIpc) is 2.43. The number of rotatable bonds is 7. The zero-order valence-corrected chi connectivity index (χ0v) is 12.3. The smallest absolute Gasteiger partial charge is 0.340 e. The predicted molar refractivity (Wildman–Crippen MR) is 75.3 cm³/mol. The minimum Gasteiger partial charge on any atom is -0.497 e. The van der Waals surface area contributed by atoms with Crippen molar-refractivity contribution in [3.63, 3.8) is 0 Å². The first kappa shape index (κ1) is 16.1. The molecule has 0 heterocycles. The SMILES string of the molecule is COc1cc(OC)c(N)c(C(=O)OCCOC(C)C)c1. The fraction of sp³-hybridized carbons (Fsp3) is 0.500. The van der Waals surface area contributed by atoms with Crippen molar-refractivity contribution < 1.29 is 23.7 Å². The van der Waals surface area contributed by atoms with E-state index in [4.69, 9.17) is 24.7 Å². The van der Waals surface area contributed by atoms with Crippen molar-refractivity contribution in [2.45, 2.75) is 20.0 Å². The third-order valence-electron chi connectivity index (χ3n) is 2.56. The second kappa shape index (κ2) is 7.59. The number of benzene rings is 1. The lowest BCUT2D eigenvalue weighted by atomic mass is 10.1. The Morgan fingerprint density at radius 1 is 1.20 bits per heavy atom. The van der Waals surface area contributed by atoms with Crippen molar-refractivity contribution in [2.24, 2.45) is 0 Å². The summed E-state index contributed by atoms with van der Waals surface area (Å²) >= 11 is 0. The van der Waals surface area contributed by atoms with E-state index in [0.29, 0.717) is 18.1 Å². The van der Waals surface area contributed by atoms with Crippen molar-refractivity contribution in [3.8, 4) is 11.5 Å². The summed E-state index contributed by atoms with van der Waals surface area (Å²) in [5, 5.41) is 0. The van der Waals surface area contributed by atoms with Crippen molar-refractivity contribution in [1.29, 1.82) is 0 Å². The maximum Gasteiger partial charge on any atom is 0.340 e. The van der Waals surface area contributed by atoms with Crippen LogP contribution in [0.25, 0.3) is 0 Å². The van der Waals surface area contributed by atoms with Crippen LogP contribution < -0.4 is 15.2 Å². The lowest BCUT2D eigenvalue weighted by molar-refractivity contribution is 0.0177. The van der Waals surface area contributed by atoms with Gasteiger partial charge >= 0.3 is 5.97 Å². The van der Waals surface area contributed by atoms with Gasteiger partial charge in [0.15, 0.2) is 0 Å². The van der Waals surface area contributed by atoms with E-state index in [-0.39, 0.29) is 24.0 Å². The number of methoxy groups -OCH3 is 2. The number of nitrogens with two attached hydrogens (primary N) is 1. The Kier molecular flexibility index (Phi) is 6.11. The molecular weight excluding hydrogens is 262 g/mol. The second-order valence-electron chi connectivity index (χ2n) is 4.35. The van der Waals surface area contributed by atoms with Crippen LogP contribution >= 0.6 is 0 Å². The zero-order chi connectivity index (χ0) is 15.1. The Labute approximate surface area is 118 Å². The van der Waals surface area contributed by atoms with Crippen LogP contribution in [-0.4, -0.2) is 39.5 Å². The maximum atomic E-state index is 12.0. The van der Waals surface area contributed by atoms with Crippen molar-refractivity contribution >= 4 is 11.7 Å². The molecule has 0 saturated carbocycles. The number of anilines is 1. The molecular formula is C14H21NO5. The highest BCUT2D eigenvalue weighted by atomic mass is 16.6. The molecule has 0 aliphatic carbocycles. The third-order valence-corrected chi connectivity index (χ3v) is 2.56. The summed E-state index contributed by atoms with van der Waals surface area (Å²) in [6, 6.07) is 3.12. The van der Waals surface area contributed by atoms with Gasteiger partial charge in [-0.3, -0.25) is 0 Å². The van der Waals surface area contributed by atoms with Crippen LogP contribution in [-0.2, 0) is 9.47 Å². The Morgan fingerprint density at radius 2 is 1.90 bits per heavy atom. The normalized spacial score (nSPS) is 10.4. The fourth-order valence-electron chi connectivity index (χ4n) is 1.55. The van der Waals surface area contributed by atoms with Gasteiger partial charge in [0.1, 0.15) is 18.1 Å². The predicted octanol–water partition coefficient (Wildman–Crippen LogP) is 1.87. The Morgan fingerprint density at radius 3 is 2.45 bits per heavy atom. The molecule has 1 rings (SSSR count). The molecule has 0 amide bonds. The van der Waals surface area contributed by atoms with E-state index in [0.717, 1.165) is 0 Å². The molecule has 0 unspecified atom stereocenters.